The summed E-state index contributed by atoms with van der Waals surface area (Å²) in [6.07, 6.45) is 10.7. The number of hydrogen-bond acceptors (Lipinski definition) is 3. The number of aliphatic hydroxyl groups is 1. The van der Waals surface area contributed by atoms with Gasteiger partial charge in [-0.05, 0) is 56.3 Å². The predicted octanol–water partition coefficient (Wildman–Crippen LogP) is 3.63. The minimum absolute atomic E-state index is 0.148. The number of allylic oxidation sites excluding steroid dienone is 3. The van der Waals surface area contributed by atoms with E-state index in [0.717, 1.165) is 25.7 Å². The summed E-state index contributed by atoms with van der Waals surface area (Å²) in [7, 11) is 0. The molecule has 2 rings (SSSR count). The maximum Gasteiger partial charge on any atom is 0.330 e. The van der Waals surface area contributed by atoms with Gasteiger partial charge < -0.3 is 9.84 Å². The minimum Gasteiger partial charge on any atom is -0.463 e. The van der Waals surface area contributed by atoms with Gasteiger partial charge in [-0.3, -0.25) is 0 Å². The normalized spacial score (nSPS) is 33.6. The summed E-state index contributed by atoms with van der Waals surface area (Å²) in [6, 6.07) is 0. The maximum absolute atomic E-state index is 11.3. The molecule has 1 N–H and O–H groups in total. The van der Waals surface area contributed by atoms with Crippen LogP contribution in [0, 0.1) is 17.3 Å². The molecule has 0 unspecified atom stereocenters. The van der Waals surface area contributed by atoms with E-state index in [9.17, 15) is 9.90 Å². The second kappa shape index (κ2) is 6.78. The van der Waals surface area contributed by atoms with Crippen LogP contribution in [0.3, 0.4) is 0 Å². The van der Waals surface area contributed by atoms with Crippen molar-refractivity contribution in [1.82, 2.24) is 0 Å². The van der Waals surface area contributed by atoms with Gasteiger partial charge in [0.25, 0.3) is 0 Å². The van der Waals surface area contributed by atoms with E-state index in [1.54, 1.807) is 0 Å². The van der Waals surface area contributed by atoms with Gasteiger partial charge in [-0.1, -0.05) is 31.6 Å². The molecule has 0 spiro atoms. The van der Waals surface area contributed by atoms with Crippen molar-refractivity contribution >= 4 is 5.97 Å². The highest BCUT2D eigenvalue weighted by molar-refractivity contribution is 5.81. The van der Waals surface area contributed by atoms with Crippen LogP contribution in [-0.4, -0.2) is 23.8 Å². The van der Waals surface area contributed by atoms with E-state index in [2.05, 4.69) is 19.9 Å². The summed E-state index contributed by atoms with van der Waals surface area (Å²) < 4.78 is 4.90. The molecule has 2 aliphatic rings. The molecule has 118 valence electrons. The first-order valence-electron chi connectivity index (χ1n) is 8.21. The van der Waals surface area contributed by atoms with Gasteiger partial charge in [0.2, 0.25) is 0 Å². The average Bonchev–Trinajstić information content (AvgIpc) is 2.77. The van der Waals surface area contributed by atoms with Gasteiger partial charge in [0.1, 0.15) is 0 Å². The molecule has 0 aliphatic heterocycles. The highest BCUT2D eigenvalue weighted by Crippen LogP contribution is 2.54. The molecule has 2 aliphatic carbocycles. The molecule has 0 aromatic rings. The Morgan fingerprint density at radius 3 is 3.10 bits per heavy atom. The Labute approximate surface area is 128 Å². The largest absolute Gasteiger partial charge is 0.463 e. The summed E-state index contributed by atoms with van der Waals surface area (Å²) in [4.78, 5) is 11.3. The zero-order valence-electron chi connectivity index (χ0n) is 13.5. The van der Waals surface area contributed by atoms with Crippen LogP contribution >= 0.6 is 0 Å². The third-order valence-electron chi connectivity index (χ3n) is 5.29. The van der Waals surface area contributed by atoms with Crippen LogP contribution < -0.4 is 0 Å². The molecular weight excluding hydrogens is 264 g/mol. The second-order valence-corrected chi connectivity index (χ2v) is 6.67. The Hall–Kier alpha value is -1.09. The summed E-state index contributed by atoms with van der Waals surface area (Å²) in [6.45, 7) is 6.76. The van der Waals surface area contributed by atoms with Crippen LogP contribution in [0.5, 0.6) is 0 Å². The molecule has 4 atom stereocenters. The van der Waals surface area contributed by atoms with Gasteiger partial charge >= 0.3 is 5.97 Å². The summed E-state index contributed by atoms with van der Waals surface area (Å²) in [5.41, 5.74) is 1.62. The molecule has 0 aromatic heterocycles. The van der Waals surface area contributed by atoms with Crippen molar-refractivity contribution in [3.8, 4) is 0 Å². The van der Waals surface area contributed by atoms with E-state index in [4.69, 9.17) is 4.74 Å². The van der Waals surface area contributed by atoms with Crippen LogP contribution in [0.1, 0.15) is 52.9 Å². The lowest BCUT2D eigenvalue weighted by molar-refractivity contribution is -0.137. The molecule has 0 amide bonds. The van der Waals surface area contributed by atoms with Crippen molar-refractivity contribution in [2.24, 2.45) is 17.3 Å². The molecule has 3 heteroatoms. The maximum atomic E-state index is 11.3. The predicted molar refractivity (Wildman–Crippen MR) is 83.7 cm³/mol. The lowest BCUT2D eigenvalue weighted by atomic mass is 9.63. The molecule has 3 nitrogen and oxygen atoms in total. The van der Waals surface area contributed by atoms with E-state index >= 15 is 0 Å². The quantitative estimate of drug-likeness (QED) is 0.478. The standard InChI is InChI=1S/C18H28O3/c1-4-21-17(20)9-5-7-13(2)14-10-11-15-16(19)8-6-12-18(14,15)3/h5,9-10,13,15-16,19H,4,6-8,11-12H2,1-3H3/t13-,15-,16-,18+/m0/s1. The van der Waals surface area contributed by atoms with Crippen LogP contribution in [0.4, 0.5) is 0 Å². The summed E-state index contributed by atoms with van der Waals surface area (Å²) in [5, 5.41) is 10.2. The molecule has 0 aromatic carbocycles. The number of fused-ring (bicyclic) bond motifs is 1. The van der Waals surface area contributed by atoms with Crippen molar-refractivity contribution in [3.05, 3.63) is 23.8 Å². The average molecular weight is 292 g/mol. The Kier molecular flexibility index (Phi) is 5.26. The van der Waals surface area contributed by atoms with E-state index in [0.29, 0.717) is 18.4 Å². The Bertz CT molecular complexity index is 438. The lowest BCUT2D eigenvalue weighted by Gasteiger charge is -2.43. The number of hydrogen-bond donors (Lipinski definition) is 1. The van der Waals surface area contributed by atoms with Crippen LogP contribution in [0.15, 0.2) is 23.8 Å². The van der Waals surface area contributed by atoms with Gasteiger partial charge in [-0.15, -0.1) is 0 Å². The smallest absolute Gasteiger partial charge is 0.330 e. The van der Waals surface area contributed by atoms with E-state index < -0.39 is 0 Å². The van der Waals surface area contributed by atoms with E-state index in [-0.39, 0.29) is 17.5 Å². The van der Waals surface area contributed by atoms with E-state index in [1.165, 1.54) is 18.1 Å². The SMILES string of the molecule is CCOC(=O)C=CC[C@H](C)C1=CC[C@H]2[C@@H](O)CCC[C@]12C. The molecule has 0 saturated heterocycles. The zero-order valence-corrected chi connectivity index (χ0v) is 13.5. The number of carbonyl (C=O) groups is 1. The van der Waals surface area contributed by atoms with Crippen molar-refractivity contribution in [1.29, 1.82) is 0 Å². The molecule has 21 heavy (non-hydrogen) atoms. The van der Waals surface area contributed by atoms with Gasteiger partial charge in [0.15, 0.2) is 0 Å². The van der Waals surface area contributed by atoms with Crippen molar-refractivity contribution in [2.45, 2.75) is 59.0 Å². The molecule has 0 radical (unpaired) electrons. The molecule has 0 bridgehead atoms. The third-order valence-corrected chi connectivity index (χ3v) is 5.29. The van der Waals surface area contributed by atoms with Crippen LogP contribution in [0.2, 0.25) is 0 Å². The summed E-state index contributed by atoms with van der Waals surface area (Å²) in [5.74, 6) is 0.538. The van der Waals surface area contributed by atoms with E-state index in [1.807, 2.05) is 13.0 Å². The van der Waals surface area contributed by atoms with Crippen molar-refractivity contribution < 1.29 is 14.6 Å². The number of rotatable bonds is 5. The fourth-order valence-corrected chi connectivity index (χ4v) is 4.20. The molecule has 1 fully saturated rings. The fraction of sp³-hybridized carbons (Fsp3) is 0.722. The highest BCUT2D eigenvalue weighted by Gasteiger charge is 2.47. The Morgan fingerprint density at radius 2 is 2.38 bits per heavy atom. The molecular formula is C18H28O3. The van der Waals surface area contributed by atoms with Gasteiger partial charge in [0, 0.05) is 6.08 Å². The third kappa shape index (κ3) is 3.39. The van der Waals surface area contributed by atoms with Gasteiger partial charge in [0.05, 0.1) is 12.7 Å². The second-order valence-electron chi connectivity index (χ2n) is 6.67. The first-order chi connectivity index (χ1) is 9.99. The van der Waals surface area contributed by atoms with Gasteiger partial charge in [-0.25, -0.2) is 4.79 Å². The zero-order chi connectivity index (χ0) is 15.5. The lowest BCUT2D eigenvalue weighted by Crippen LogP contribution is -2.39. The molecule has 0 heterocycles. The first-order valence-corrected chi connectivity index (χ1v) is 8.21. The minimum atomic E-state index is -0.262. The number of carbonyl (C=O) groups excluding carboxylic acids is 1. The topological polar surface area (TPSA) is 46.5 Å². The van der Waals surface area contributed by atoms with Gasteiger partial charge in [-0.2, -0.15) is 0 Å². The van der Waals surface area contributed by atoms with Crippen molar-refractivity contribution in [2.75, 3.05) is 6.61 Å². The monoisotopic (exact) mass is 292 g/mol. The number of esters is 1. The Morgan fingerprint density at radius 1 is 1.62 bits per heavy atom. The number of aliphatic hydroxyl groups excluding tert-OH is 1. The van der Waals surface area contributed by atoms with Crippen LogP contribution in [-0.2, 0) is 9.53 Å². The Balaban J connectivity index is 1.97. The first kappa shape index (κ1) is 16.3. The van der Waals surface area contributed by atoms with Crippen LogP contribution in [0.25, 0.3) is 0 Å². The number of ether oxygens (including phenoxy) is 1. The fourth-order valence-electron chi connectivity index (χ4n) is 4.20. The molecule has 1 saturated carbocycles. The van der Waals surface area contributed by atoms with Crippen molar-refractivity contribution in [3.63, 3.8) is 0 Å². The highest BCUT2D eigenvalue weighted by atomic mass is 16.5. The summed E-state index contributed by atoms with van der Waals surface area (Å²) >= 11 is 0.